The average Bonchev–Trinajstić information content (AvgIpc) is 3.10. The van der Waals surface area contributed by atoms with Gasteiger partial charge < -0.3 is 14.8 Å². The summed E-state index contributed by atoms with van der Waals surface area (Å²) in [4.78, 5) is 8.58. The Labute approximate surface area is 203 Å². The number of aromatic nitrogens is 2. The zero-order valence-electron chi connectivity index (χ0n) is 18.8. The second-order valence-electron chi connectivity index (χ2n) is 8.02. The Morgan fingerprint density at radius 1 is 0.571 bits per heavy atom. The van der Waals surface area contributed by atoms with Crippen molar-refractivity contribution in [3.63, 3.8) is 0 Å². The van der Waals surface area contributed by atoms with Crippen LogP contribution in [0.4, 0.5) is 11.4 Å². The zero-order valence-corrected chi connectivity index (χ0v) is 18.8. The molecule has 1 N–H and O–H groups in total. The van der Waals surface area contributed by atoms with E-state index in [0.29, 0.717) is 17.5 Å². The molecule has 0 amide bonds. The van der Waals surface area contributed by atoms with Gasteiger partial charge in [-0.05, 0) is 41.5 Å². The van der Waals surface area contributed by atoms with Gasteiger partial charge in [0.15, 0.2) is 5.75 Å². The highest BCUT2D eigenvalue weighted by Gasteiger charge is 2.18. The molecule has 3 heterocycles. The molecule has 1 aliphatic rings. The van der Waals surface area contributed by atoms with Gasteiger partial charge in [-0.2, -0.15) is 0 Å². The highest BCUT2D eigenvalue weighted by Crippen LogP contribution is 2.42. The summed E-state index contributed by atoms with van der Waals surface area (Å²) >= 11 is 0. The molecule has 0 aliphatic carbocycles. The number of hydrogen-bond donors (Lipinski definition) is 1. The van der Waals surface area contributed by atoms with E-state index in [-0.39, 0.29) is 0 Å². The molecule has 0 saturated heterocycles. The molecule has 0 unspecified atom stereocenters. The van der Waals surface area contributed by atoms with Crippen LogP contribution in [0, 0.1) is 0 Å². The molecule has 5 nitrogen and oxygen atoms in total. The van der Waals surface area contributed by atoms with E-state index in [1.54, 1.807) is 12.4 Å². The van der Waals surface area contributed by atoms with Crippen molar-refractivity contribution in [2.45, 2.75) is 0 Å². The fourth-order valence-electron chi connectivity index (χ4n) is 4.07. The second-order valence-corrected chi connectivity index (χ2v) is 8.02. The summed E-state index contributed by atoms with van der Waals surface area (Å²) < 4.78 is 12.1. The van der Waals surface area contributed by atoms with Gasteiger partial charge in [0.25, 0.3) is 0 Å². The van der Waals surface area contributed by atoms with Crippen LogP contribution in [0.3, 0.4) is 0 Å². The summed E-state index contributed by atoms with van der Waals surface area (Å²) in [6.45, 7) is 0. The molecule has 5 heteroatoms. The lowest BCUT2D eigenvalue weighted by molar-refractivity contribution is 0.463. The molecule has 0 fully saturated rings. The van der Waals surface area contributed by atoms with Crippen LogP contribution >= 0.6 is 0 Å². The van der Waals surface area contributed by atoms with Gasteiger partial charge in [0.1, 0.15) is 5.75 Å². The Kier molecular flexibility index (Phi) is 5.41. The standard InChI is InChI=1S/C30H21N3O2/c1-3-18-31-27(14-1)34-24-11-5-10-23(20-24)25-12-6-8-21-16-17-22-9-7-13-26(30(22)33-29(21)25)35-28-15-2-4-19-32-28/h1-20,33H. The van der Waals surface area contributed by atoms with E-state index in [2.05, 4.69) is 57.8 Å². The minimum atomic E-state index is 0.545. The molecule has 5 aromatic rings. The van der Waals surface area contributed by atoms with Crippen LogP contribution in [0.1, 0.15) is 11.1 Å². The number of hydrogen-bond acceptors (Lipinski definition) is 5. The number of ether oxygens (including phenoxy) is 2. The highest BCUT2D eigenvalue weighted by atomic mass is 16.5. The summed E-state index contributed by atoms with van der Waals surface area (Å²) in [5.41, 5.74) is 6.09. The Morgan fingerprint density at radius 2 is 1.26 bits per heavy atom. The Balaban J connectivity index is 1.39. The monoisotopic (exact) mass is 455 g/mol. The van der Waals surface area contributed by atoms with Crippen molar-refractivity contribution < 1.29 is 9.47 Å². The SMILES string of the molecule is C1=Cc2cccc(-c3cccc(Oc4ccccn4)c3)c2Nc2c1cccc2Oc1ccccn1. The number of fused-ring (bicyclic) bond motifs is 2. The smallest absolute Gasteiger partial charge is 0.219 e. The third-order valence-corrected chi connectivity index (χ3v) is 5.71. The second kappa shape index (κ2) is 9.15. The number of benzene rings is 3. The maximum atomic E-state index is 6.14. The van der Waals surface area contributed by atoms with Gasteiger partial charge in [-0.1, -0.05) is 66.7 Å². The lowest BCUT2D eigenvalue weighted by Crippen LogP contribution is -1.99. The van der Waals surface area contributed by atoms with Crippen LogP contribution in [0.2, 0.25) is 0 Å². The van der Waals surface area contributed by atoms with E-state index >= 15 is 0 Å². The largest absolute Gasteiger partial charge is 0.439 e. The van der Waals surface area contributed by atoms with Gasteiger partial charge >= 0.3 is 0 Å². The minimum Gasteiger partial charge on any atom is -0.439 e. The number of rotatable bonds is 5. The maximum absolute atomic E-state index is 6.14. The fourth-order valence-corrected chi connectivity index (χ4v) is 4.07. The van der Waals surface area contributed by atoms with Crippen LogP contribution in [0.5, 0.6) is 23.3 Å². The molecule has 35 heavy (non-hydrogen) atoms. The van der Waals surface area contributed by atoms with Crippen molar-refractivity contribution in [1.82, 2.24) is 9.97 Å². The van der Waals surface area contributed by atoms with E-state index in [1.165, 1.54) is 0 Å². The Hall–Kier alpha value is -4.90. The van der Waals surface area contributed by atoms with Crippen molar-refractivity contribution in [2.75, 3.05) is 5.32 Å². The van der Waals surface area contributed by atoms with Crippen molar-refractivity contribution >= 4 is 23.5 Å². The van der Waals surface area contributed by atoms with Crippen molar-refractivity contribution in [1.29, 1.82) is 0 Å². The van der Waals surface area contributed by atoms with E-state index in [0.717, 1.165) is 39.4 Å². The first-order valence-electron chi connectivity index (χ1n) is 11.3. The first-order chi connectivity index (χ1) is 17.3. The Morgan fingerprint density at radius 3 is 2.00 bits per heavy atom. The molecule has 2 aromatic heterocycles. The van der Waals surface area contributed by atoms with Crippen LogP contribution < -0.4 is 14.8 Å². The summed E-state index contributed by atoms with van der Waals surface area (Å²) in [5, 5.41) is 3.66. The molecule has 0 bridgehead atoms. The van der Waals surface area contributed by atoms with Gasteiger partial charge in [-0.15, -0.1) is 0 Å². The first kappa shape index (κ1) is 20.7. The maximum Gasteiger partial charge on any atom is 0.219 e. The van der Waals surface area contributed by atoms with Gasteiger partial charge in [0.05, 0.1) is 11.4 Å². The predicted molar refractivity (Wildman–Crippen MR) is 139 cm³/mol. The van der Waals surface area contributed by atoms with Gasteiger partial charge in [-0.25, -0.2) is 9.97 Å². The molecular formula is C30H21N3O2. The van der Waals surface area contributed by atoms with Crippen LogP contribution in [-0.2, 0) is 0 Å². The molecule has 168 valence electrons. The average molecular weight is 456 g/mol. The van der Waals surface area contributed by atoms with Crippen molar-refractivity contribution in [3.8, 4) is 34.4 Å². The summed E-state index contributed by atoms with van der Waals surface area (Å²) in [7, 11) is 0. The zero-order chi connectivity index (χ0) is 23.5. The fraction of sp³-hybridized carbons (Fsp3) is 0. The third kappa shape index (κ3) is 4.35. The van der Waals surface area contributed by atoms with Crippen LogP contribution in [0.15, 0.2) is 109 Å². The molecule has 6 rings (SSSR count). The van der Waals surface area contributed by atoms with Gasteiger partial charge in [-0.3, -0.25) is 0 Å². The van der Waals surface area contributed by atoms with E-state index in [9.17, 15) is 0 Å². The minimum absolute atomic E-state index is 0.545. The van der Waals surface area contributed by atoms with Crippen molar-refractivity contribution in [3.05, 3.63) is 121 Å². The third-order valence-electron chi connectivity index (χ3n) is 5.71. The topological polar surface area (TPSA) is 56.3 Å². The quantitative estimate of drug-likeness (QED) is 0.286. The number of anilines is 2. The van der Waals surface area contributed by atoms with E-state index in [4.69, 9.17) is 9.47 Å². The highest BCUT2D eigenvalue weighted by molar-refractivity contribution is 5.96. The molecule has 1 aliphatic heterocycles. The molecule has 3 aromatic carbocycles. The first-order valence-corrected chi connectivity index (χ1v) is 11.3. The number of nitrogens with zero attached hydrogens (tertiary/aromatic N) is 2. The summed E-state index contributed by atoms with van der Waals surface area (Å²) in [6.07, 6.45) is 7.66. The molecular weight excluding hydrogens is 434 g/mol. The predicted octanol–water partition coefficient (Wildman–Crippen LogP) is 7.96. The lowest BCUT2D eigenvalue weighted by Gasteiger charge is -2.18. The molecule has 0 saturated carbocycles. The van der Waals surface area contributed by atoms with Gasteiger partial charge in [0, 0.05) is 35.7 Å². The number of pyridine rings is 2. The summed E-state index contributed by atoms with van der Waals surface area (Å²) in [5.74, 6) is 2.54. The molecule has 0 radical (unpaired) electrons. The number of para-hydroxylation sites is 2. The van der Waals surface area contributed by atoms with E-state index < -0.39 is 0 Å². The van der Waals surface area contributed by atoms with Gasteiger partial charge in [0.2, 0.25) is 11.8 Å². The molecule has 0 atom stereocenters. The Bertz CT molecular complexity index is 1520. The van der Waals surface area contributed by atoms with Crippen molar-refractivity contribution in [2.24, 2.45) is 0 Å². The lowest BCUT2D eigenvalue weighted by atomic mass is 9.99. The van der Waals surface area contributed by atoms with Crippen LogP contribution in [0.25, 0.3) is 23.3 Å². The van der Waals surface area contributed by atoms with Crippen LogP contribution in [-0.4, -0.2) is 9.97 Å². The summed E-state index contributed by atoms with van der Waals surface area (Å²) in [6, 6.07) is 31.5. The number of nitrogens with one attached hydrogen (secondary N) is 1. The molecule has 0 spiro atoms. The van der Waals surface area contributed by atoms with E-state index in [1.807, 2.05) is 66.7 Å². The normalized spacial score (nSPS) is 11.5.